The van der Waals surface area contributed by atoms with Crippen LogP contribution in [0.5, 0.6) is 0 Å². The Morgan fingerprint density at radius 1 is 1.32 bits per heavy atom. The first-order valence-corrected chi connectivity index (χ1v) is 5.70. The summed E-state index contributed by atoms with van der Waals surface area (Å²) in [5, 5.41) is 9.48. The molecule has 0 atom stereocenters. The molecule has 3 N–H and O–H groups in total. The van der Waals surface area contributed by atoms with E-state index in [-0.39, 0.29) is 11.5 Å². The molecular weight excluding hydrogens is 246 g/mol. The largest absolute Gasteiger partial charge is 0.379 e. The highest BCUT2D eigenvalue weighted by atomic mass is 16.6. The fourth-order valence-electron chi connectivity index (χ4n) is 1.53. The molecule has 19 heavy (non-hydrogen) atoms. The van der Waals surface area contributed by atoms with Gasteiger partial charge in [-0.2, -0.15) is 0 Å². The zero-order chi connectivity index (χ0) is 13.8. The van der Waals surface area contributed by atoms with Crippen molar-refractivity contribution in [1.82, 2.24) is 15.6 Å². The Labute approximate surface area is 110 Å². The minimum absolute atomic E-state index is 0.00455. The fraction of sp³-hybridized carbons (Fsp3) is 0.250. The SMILES string of the molecule is CN(C)c1ccc(CNC(=O)c2nonc2N)cc1. The number of aromatic nitrogens is 2. The molecule has 2 aromatic rings. The highest BCUT2D eigenvalue weighted by molar-refractivity contribution is 5.95. The number of anilines is 2. The Hall–Kier alpha value is -2.57. The van der Waals surface area contributed by atoms with E-state index in [1.165, 1.54) is 0 Å². The Morgan fingerprint density at radius 3 is 2.53 bits per heavy atom. The van der Waals surface area contributed by atoms with Gasteiger partial charge >= 0.3 is 0 Å². The maximum atomic E-state index is 11.7. The van der Waals surface area contributed by atoms with Crippen molar-refractivity contribution in [2.45, 2.75) is 6.54 Å². The molecule has 1 aromatic heterocycles. The lowest BCUT2D eigenvalue weighted by atomic mass is 10.2. The van der Waals surface area contributed by atoms with Crippen LogP contribution in [0.15, 0.2) is 28.9 Å². The van der Waals surface area contributed by atoms with Crippen molar-refractivity contribution < 1.29 is 9.42 Å². The summed E-state index contributed by atoms with van der Waals surface area (Å²) in [5.41, 5.74) is 7.51. The molecule has 2 rings (SSSR count). The van der Waals surface area contributed by atoms with Crippen LogP contribution >= 0.6 is 0 Å². The van der Waals surface area contributed by atoms with E-state index in [1.54, 1.807) is 0 Å². The number of nitrogen functional groups attached to an aromatic ring is 1. The van der Waals surface area contributed by atoms with Crippen molar-refractivity contribution in [1.29, 1.82) is 0 Å². The van der Waals surface area contributed by atoms with Crippen molar-refractivity contribution in [2.75, 3.05) is 24.7 Å². The fourth-order valence-corrected chi connectivity index (χ4v) is 1.53. The van der Waals surface area contributed by atoms with E-state index in [0.717, 1.165) is 11.3 Å². The second kappa shape index (κ2) is 5.38. The van der Waals surface area contributed by atoms with Crippen molar-refractivity contribution in [2.24, 2.45) is 0 Å². The van der Waals surface area contributed by atoms with E-state index in [0.29, 0.717) is 6.54 Å². The van der Waals surface area contributed by atoms with Crippen LogP contribution in [0.4, 0.5) is 11.5 Å². The van der Waals surface area contributed by atoms with Crippen LogP contribution in [-0.4, -0.2) is 30.3 Å². The molecule has 1 amide bonds. The van der Waals surface area contributed by atoms with Gasteiger partial charge in [-0.25, -0.2) is 4.63 Å². The van der Waals surface area contributed by atoms with Crippen LogP contribution in [0.25, 0.3) is 0 Å². The van der Waals surface area contributed by atoms with E-state index in [1.807, 2.05) is 43.3 Å². The van der Waals surface area contributed by atoms with E-state index in [4.69, 9.17) is 5.73 Å². The number of nitrogens with two attached hydrogens (primary N) is 1. The summed E-state index contributed by atoms with van der Waals surface area (Å²) in [7, 11) is 3.94. The van der Waals surface area contributed by atoms with Crippen LogP contribution in [-0.2, 0) is 6.54 Å². The zero-order valence-electron chi connectivity index (χ0n) is 10.8. The Balaban J connectivity index is 1.95. The van der Waals surface area contributed by atoms with Crippen molar-refractivity contribution in [3.05, 3.63) is 35.5 Å². The highest BCUT2D eigenvalue weighted by Crippen LogP contribution is 2.12. The molecule has 0 spiro atoms. The predicted octanol–water partition coefficient (Wildman–Crippen LogP) is 0.648. The molecule has 0 bridgehead atoms. The number of hydrogen-bond acceptors (Lipinski definition) is 6. The topological polar surface area (TPSA) is 97.3 Å². The zero-order valence-corrected chi connectivity index (χ0v) is 10.8. The second-order valence-corrected chi connectivity index (χ2v) is 4.24. The lowest BCUT2D eigenvalue weighted by molar-refractivity contribution is 0.0941. The van der Waals surface area contributed by atoms with Gasteiger partial charge in [-0.1, -0.05) is 12.1 Å². The van der Waals surface area contributed by atoms with Crippen LogP contribution in [0.2, 0.25) is 0 Å². The normalized spacial score (nSPS) is 10.2. The molecule has 0 fully saturated rings. The quantitative estimate of drug-likeness (QED) is 0.838. The average molecular weight is 261 g/mol. The Bertz CT molecular complexity index is 562. The second-order valence-electron chi connectivity index (χ2n) is 4.24. The van der Waals surface area contributed by atoms with Crippen LogP contribution in [0.3, 0.4) is 0 Å². The maximum Gasteiger partial charge on any atom is 0.277 e. The average Bonchev–Trinajstić information content (AvgIpc) is 2.83. The molecule has 0 aliphatic heterocycles. The number of nitrogens with zero attached hydrogens (tertiary/aromatic N) is 3. The van der Waals surface area contributed by atoms with Gasteiger partial charge in [0.25, 0.3) is 5.91 Å². The first-order chi connectivity index (χ1) is 9.08. The van der Waals surface area contributed by atoms with Gasteiger partial charge < -0.3 is 16.0 Å². The third-order valence-electron chi connectivity index (χ3n) is 2.63. The summed E-state index contributed by atoms with van der Waals surface area (Å²) in [6.45, 7) is 0.388. The predicted molar refractivity (Wildman–Crippen MR) is 70.6 cm³/mol. The monoisotopic (exact) mass is 261 g/mol. The van der Waals surface area contributed by atoms with Crippen molar-refractivity contribution in [3.63, 3.8) is 0 Å². The lowest BCUT2D eigenvalue weighted by Crippen LogP contribution is -2.24. The number of nitrogens with one attached hydrogen (secondary N) is 1. The molecule has 0 radical (unpaired) electrons. The molecule has 0 aliphatic carbocycles. The molecule has 1 heterocycles. The molecule has 0 saturated carbocycles. The number of benzene rings is 1. The number of hydrogen-bond donors (Lipinski definition) is 2. The summed E-state index contributed by atoms with van der Waals surface area (Å²) in [6.07, 6.45) is 0. The summed E-state index contributed by atoms with van der Waals surface area (Å²) >= 11 is 0. The Morgan fingerprint density at radius 2 is 2.00 bits per heavy atom. The highest BCUT2D eigenvalue weighted by Gasteiger charge is 2.15. The Kier molecular flexibility index (Phi) is 3.65. The summed E-state index contributed by atoms with van der Waals surface area (Å²) in [6, 6.07) is 7.85. The molecule has 7 nitrogen and oxygen atoms in total. The number of rotatable bonds is 4. The van der Waals surface area contributed by atoms with E-state index in [9.17, 15) is 4.79 Å². The summed E-state index contributed by atoms with van der Waals surface area (Å²) < 4.78 is 4.37. The third kappa shape index (κ3) is 3.01. The van der Waals surface area contributed by atoms with Crippen molar-refractivity contribution in [3.8, 4) is 0 Å². The first kappa shape index (κ1) is 12.9. The van der Waals surface area contributed by atoms with Crippen LogP contribution in [0.1, 0.15) is 16.1 Å². The van der Waals surface area contributed by atoms with Crippen LogP contribution in [0, 0.1) is 0 Å². The minimum atomic E-state index is -0.407. The molecule has 0 unspecified atom stereocenters. The molecule has 1 aromatic carbocycles. The van der Waals surface area contributed by atoms with Crippen LogP contribution < -0.4 is 16.0 Å². The molecule has 0 saturated heterocycles. The standard InChI is InChI=1S/C12H15N5O2/c1-17(2)9-5-3-8(4-6-9)7-14-12(18)10-11(13)16-19-15-10/h3-6H,7H2,1-2H3,(H2,13,16)(H,14,18). The van der Waals surface area contributed by atoms with Gasteiger partial charge in [-0.15, -0.1) is 0 Å². The molecule has 7 heteroatoms. The molecule has 100 valence electrons. The number of carbonyl (C=O) groups is 1. The maximum absolute atomic E-state index is 11.7. The number of carbonyl (C=O) groups excluding carboxylic acids is 1. The summed E-state index contributed by atoms with van der Waals surface area (Å²) in [4.78, 5) is 13.7. The minimum Gasteiger partial charge on any atom is -0.379 e. The van der Waals surface area contributed by atoms with Gasteiger partial charge in [0, 0.05) is 26.3 Å². The molecule has 0 aliphatic rings. The van der Waals surface area contributed by atoms with Gasteiger partial charge in [-0.05, 0) is 28.0 Å². The third-order valence-corrected chi connectivity index (χ3v) is 2.63. The van der Waals surface area contributed by atoms with Gasteiger partial charge in [0.1, 0.15) is 0 Å². The van der Waals surface area contributed by atoms with E-state index < -0.39 is 5.91 Å². The van der Waals surface area contributed by atoms with E-state index >= 15 is 0 Å². The summed E-state index contributed by atoms with van der Waals surface area (Å²) in [5.74, 6) is -0.420. The van der Waals surface area contributed by atoms with Gasteiger partial charge in [0.15, 0.2) is 0 Å². The number of amides is 1. The van der Waals surface area contributed by atoms with Gasteiger partial charge in [-0.3, -0.25) is 4.79 Å². The smallest absolute Gasteiger partial charge is 0.277 e. The van der Waals surface area contributed by atoms with Gasteiger partial charge in [0.2, 0.25) is 11.5 Å². The van der Waals surface area contributed by atoms with Gasteiger partial charge in [0.05, 0.1) is 0 Å². The van der Waals surface area contributed by atoms with Crippen molar-refractivity contribution >= 4 is 17.4 Å². The van der Waals surface area contributed by atoms with E-state index in [2.05, 4.69) is 20.3 Å². The first-order valence-electron chi connectivity index (χ1n) is 5.70. The molecular formula is C12H15N5O2. The lowest BCUT2D eigenvalue weighted by Gasteiger charge is -2.12.